The van der Waals surface area contributed by atoms with Crippen LogP contribution >= 0.6 is 23.2 Å². The molecule has 0 saturated heterocycles. The summed E-state index contributed by atoms with van der Waals surface area (Å²) >= 11 is 11.0. The van der Waals surface area contributed by atoms with Crippen LogP contribution in [0.5, 0.6) is 0 Å². The summed E-state index contributed by atoms with van der Waals surface area (Å²) in [5, 5.41) is 11.8. The van der Waals surface area contributed by atoms with E-state index in [0.717, 1.165) is 0 Å². The van der Waals surface area contributed by atoms with E-state index in [2.05, 4.69) is 5.32 Å². The minimum Gasteiger partial charge on any atom is -0.444 e. The third-order valence-electron chi connectivity index (χ3n) is 1.49. The molecule has 0 aromatic heterocycles. The van der Waals surface area contributed by atoms with Gasteiger partial charge in [0.25, 0.3) is 0 Å². The summed E-state index contributed by atoms with van der Waals surface area (Å²) in [5.74, 6) is 0.0836. The lowest BCUT2D eigenvalue weighted by Gasteiger charge is -2.24. The molecule has 0 spiro atoms. The summed E-state index contributed by atoms with van der Waals surface area (Å²) in [4.78, 5) is 11.3. The van der Waals surface area contributed by atoms with Gasteiger partial charge in [-0.2, -0.15) is 0 Å². The topological polar surface area (TPSA) is 58.6 Å². The SMILES string of the molecule is CC(C)(C)OC(=O)NC(CCl)C(O)CCl. The number of carbonyl (C=O) groups excluding carboxylic acids is 1. The highest BCUT2D eigenvalue weighted by molar-refractivity contribution is 6.19. The first-order valence-electron chi connectivity index (χ1n) is 4.59. The van der Waals surface area contributed by atoms with Crippen LogP contribution < -0.4 is 5.32 Å². The second-order valence-corrected chi connectivity index (χ2v) is 4.75. The summed E-state index contributed by atoms with van der Waals surface area (Å²) in [7, 11) is 0. The van der Waals surface area contributed by atoms with Gasteiger partial charge in [0.05, 0.1) is 18.0 Å². The molecule has 90 valence electrons. The third kappa shape index (κ3) is 6.82. The normalized spacial score (nSPS) is 15.6. The van der Waals surface area contributed by atoms with Gasteiger partial charge in [0.15, 0.2) is 0 Å². The minimum absolute atomic E-state index is 0.00713. The fourth-order valence-electron chi connectivity index (χ4n) is 0.804. The molecular formula is C9H17Cl2NO3. The highest BCUT2D eigenvalue weighted by Gasteiger charge is 2.23. The van der Waals surface area contributed by atoms with E-state index in [4.69, 9.17) is 27.9 Å². The highest BCUT2D eigenvalue weighted by Crippen LogP contribution is 2.08. The van der Waals surface area contributed by atoms with Gasteiger partial charge < -0.3 is 15.2 Å². The molecule has 6 heteroatoms. The van der Waals surface area contributed by atoms with Gasteiger partial charge in [0, 0.05) is 5.88 Å². The van der Waals surface area contributed by atoms with E-state index in [1.165, 1.54) is 0 Å². The predicted molar refractivity (Wildman–Crippen MR) is 60.6 cm³/mol. The van der Waals surface area contributed by atoms with E-state index in [-0.39, 0.29) is 11.8 Å². The number of nitrogens with one attached hydrogen (secondary N) is 1. The lowest BCUT2D eigenvalue weighted by Crippen LogP contribution is -2.47. The van der Waals surface area contributed by atoms with Crippen LogP contribution in [0.1, 0.15) is 20.8 Å². The van der Waals surface area contributed by atoms with Gasteiger partial charge in [-0.1, -0.05) is 0 Å². The summed E-state index contributed by atoms with van der Waals surface area (Å²) in [6.07, 6.45) is -1.49. The molecule has 15 heavy (non-hydrogen) atoms. The molecule has 0 rings (SSSR count). The Morgan fingerprint density at radius 1 is 1.40 bits per heavy atom. The van der Waals surface area contributed by atoms with Crippen molar-refractivity contribution in [2.45, 2.75) is 38.5 Å². The van der Waals surface area contributed by atoms with E-state index in [1.807, 2.05) is 0 Å². The van der Waals surface area contributed by atoms with Crippen molar-refractivity contribution in [2.75, 3.05) is 11.8 Å². The first-order chi connectivity index (χ1) is 6.80. The van der Waals surface area contributed by atoms with Gasteiger partial charge >= 0.3 is 6.09 Å². The van der Waals surface area contributed by atoms with Crippen LogP contribution in [0.2, 0.25) is 0 Å². The number of carbonyl (C=O) groups is 1. The first-order valence-corrected chi connectivity index (χ1v) is 5.66. The van der Waals surface area contributed by atoms with Crippen molar-refractivity contribution in [3.05, 3.63) is 0 Å². The maximum atomic E-state index is 11.3. The first kappa shape index (κ1) is 14.8. The van der Waals surface area contributed by atoms with Crippen LogP contribution in [-0.2, 0) is 4.74 Å². The fraction of sp³-hybridized carbons (Fsp3) is 0.889. The maximum absolute atomic E-state index is 11.3. The molecule has 0 saturated carbocycles. The molecule has 0 fully saturated rings. The number of hydrogen-bond donors (Lipinski definition) is 2. The Hall–Kier alpha value is -0.190. The zero-order chi connectivity index (χ0) is 12.1. The van der Waals surface area contributed by atoms with E-state index in [0.29, 0.717) is 0 Å². The molecule has 0 radical (unpaired) electrons. The lowest BCUT2D eigenvalue weighted by molar-refractivity contribution is 0.0454. The number of alkyl halides is 2. The molecule has 2 atom stereocenters. The van der Waals surface area contributed by atoms with Crippen molar-refractivity contribution < 1.29 is 14.6 Å². The molecule has 1 amide bonds. The number of halogens is 2. The fourth-order valence-corrected chi connectivity index (χ4v) is 1.30. The number of rotatable bonds is 4. The second kappa shape index (κ2) is 6.40. The molecule has 0 aromatic carbocycles. The van der Waals surface area contributed by atoms with Crippen molar-refractivity contribution in [2.24, 2.45) is 0 Å². The largest absolute Gasteiger partial charge is 0.444 e. The van der Waals surface area contributed by atoms with Crippen molar-refractivity contribution in [3.8, 4) is 0 Å². The van der Waals surface area contributed by atoms with Crippen LogP contribution in [0.25, 0.3) is 0 Å². The average molecular weight is 258 g/mol. The monoisotopic (exact) mass is 257 g/mol. The molecule has 0 bridgehead atoms. The quantitative estimate of drug-likeness (QED) is 0.755. The zero-order valence-electron chi connectivity index (χ0n) is 9.09. The molecule has 0 aliphatic rings. The average Bonchev–Trinajstić information content (AvgIpc) is 2.10. The van der Waals surface area contributed by atoms with E-state index in [9.17, 15) is 9.90 Å². The maximum Gasteiger partial charge on any atom is 0.408 e. The van der Waals surface area contributed by atoms with Crippen LogP contribution in [0, 0.1) is 0 Å². The van der Waals surface area contributed by atoms with Crippen molar-refractivity contribution >= 4 is 29.3 Å². The van der Waals surface area contributed by atoms with Crippen LogP contribution in [0.3, 0.4) is 0 Å². The molecule has 0 aliphatic carbocycles. The third-order valence-corrected chi connectivity index (χ3v) is 2.14. The molecule has 4 nitrogen and oxygen atoms in total. The molecule has 0 aromatic rings. The van der Waals surface area contributed by atoms with Crippen molar-refractivity contribution in [1.82, 2.24) is 5.32 Å². The number of aliphatic hydroxyl groups is 1. The summed E-state index contributed by atoms with van der Waals surface area (Å²) in [6, 6.07) is -0.598. The second-order valence-electron chi connectivity index (χ2n) is 4.13. The van der Waals surface area contributed by atoms with E-state index in [1.54, 1.807) is 20.8 Å². The Kier molecular flexibility index (Phi) is 6.32. The number of alkyl carbamates (subject to hydrolysis) is 1. The molecular weight excluding hydrogens is 241 g/mol. The minimum atomic E-state index is -0.878. The van der Waals surface area contributed by atoms with Gasteiger partial charge in [0.1, 0.15) is 5.60 Å². The Balaban J connectivity index is 4.13. The van der Waals surface area contributed by atoms with E-state index >= 15 is 0 Å². The van der Waals surface area contributed by atoms with Gasteiger partial charge in [0.2, 0.25) is 0 Å². The molecule has 0 heterocycles. The van der Waals surface area contributed by atoms with Crippen molar-refractivity contribution in [1.29, 1.82) is 0 Å². The Labute approximate surface area is 99.9 Å². The van der Waals surface area contributed by atoms with Crippen LogP contribution in [-0.4, -0.2) is 40.7 Å². The smallest absolute Gasteiger partial charge is 0.408 e. The molecule has 2 N–H and O–H groups in total. The Morgan fingerprint density at radius 2 is 1.93 bits per heavy atom. The standard InChI is InChI=1S/C9H17Cl2NO3/c1-9(2,3)15-8(14)12-6(4-10)7(13)5-11/h6-7,13H,4-5H2,1-3H3,(H,12,14). The Morgan fingerprint density at radius 3 is 2.27 bits per heavy atom. The molecule has 2 unspecified atom stereocenters. The summed E-state index contributed by atoms with van der Waals surface area (Å²) in [5.41, 5.74) is -0.577. The van der Waals surface area contributed by atoms with E-state index < -0.39 is 23.8 Å². The zero-order valence-corrected chi connectivity index (χ0v) is 10.6. The van der Waals surface area contributed by atoms with Crippen molar-refractivity contribution in [3.63, 3.8) is 0 Å². The lowest BCUT2D eigenvalue weighted by atomic mass is 10.2. The summed E-state index contributed by atoms with van der Waals surface area (Å²) < 4.78 is 5.00. The molecule has 0 aliphatic heterocycles. The number of amides is 1. The van der Waals surface area contributed by atoms with Crippen LogP contribution in [0.4, 0.5) is 4.79 Å². The number of ether oxygens (including phenoxy) is 1. The van der Waals surface area contributed by atoms with Gasteiger partial charge in [-0.25, -0.2) is 4.79 Å². The van der Waals surface area contributed by atoms with Gasteiger partial charge in [-0.3, -0.25) is 0 Å². The van der Waals surface area contributed by atoms with Gasteiger partial charge in [-0.05, 0) is 20.8 Å². The highest BCUT2D eigenvalue weighted by atomic mass is 35.5. The number of aliphatic hydroxyl groups excluding tert-OH is 1. The summed E-state index contributed by atoms with van der Waals surface area (Å²) in [6.45, 7) is 5.25. The van der Waals surface area contributed by atoms with Gasteiger partial charge in [-0.15, -0.1) is 23.2 Å². The number of hydrogen-bond acceptors (Lipinski definition) is 3. The predicted octanol–water partition coefficient (Wildman–Crippen LogP) is 1.72. The Bertz CT molecular complexity index is 206. The van der Waals surface area contributed by atoms with Crippen LogP contribution in [0.15, 0.2) is 0 Å².